The Labute approximate surface area is 574 Å². The van der Waals surface area contributed by atoms with Crippen molar-refractivity contribution < 1.29 is 87.5 Å². The molecule has 0 unspecified atom stereocenters. The van der Waals surface area contributed by atoms with Crippen LogP contribution < -0.4 is 24.6 Å². The fourth-order valence-corrected chi connectivity index (χ4v) is 15.5. The molecule has 2 amide bonds. The number of hydrogen-bond donors (Lipinski definition) is 1. The number of methoxy groups -OCH3 is 2. The third-order valence-corrected chi connectivity index (χ3v) is 21.3. The van der Waals surface area contributed by atoms with Gasteiger partial charge in [-0.1, -0.05) is 36.4 Å². The molecular formula is C74H94F8N6O11. The van der Waals surface area contributed by atoms with Gasteiger partial charge in [0.2, 0.25) is 11.3 Å². The van der Waals surface area contributed by atoms with Gasteiger partial charge in [-0.2, -0.15) is 26.3 Å². The molecule has 542 valence electrons. The van der Waals surface area contributed by atoms with Crippen LogP contribution in [0.2, 0.25) is 0 Å². The minimum Gasteiger partial charge on any atom is -0.497 e. The van der Waals surface area contributed by atoms with Gasteiger partial charge in [0.05, 0.1) is 63.6 Å². The summed E-state index contributed by atoms with van der Waals surface area (Å²) in [7, 11) is 3.13. The highest BCUT2D eigenvalue weighted by Crippen LogP contribution is 2.47. The molecule has 8 aliphatic heterocycles. The maximum absolute atomic E-state index is 17.4. The number of esters is 2. The van der Waals surface area contributed by atoms with E-state index in [4.69, 9.17) is 28.4 Å². The van der Waals surface area contributed by atoms with E-state index in [1.165, 1.54) is 12.1 Å². The average molecular weight is 1400 g/mol. The Balaban J connectivity index is 0.000000196. The first-order valence-electron chi connectivity index (χ1n) is 35.1. The van der Waals surface area contributed by atoms with E-state index in [0.29, 0.717) is 191 Å². The number of ether oxygens (including phenoxy) is 6. The zero-order valence-corrected chi connectivity index (χ0v) is 57.1. The van der Waals surface area contributed by atoms with Gasteiger partial charge in [0.1, 0.15) is 17.3 Å². The van der Waals surface area contributed by atoms with Gasteiger partial charge < -0.3 is 53.3 Å². The number of nitrogens with zero attached hydrogens (tertiary/aromatic N) is 5. The van der Waals surface area contributed by atoms with E-state index in [1.807, 2.05) is 21.9 Å². The Kier molecular flexibility index (Phi) is 25.0. The van der Waals surface area contributed by atoms with Crippen molar-refractivity contribution in [3.05, 3.63) is 118 Å². The monoisotopic (exact) mass is 1390 g/mol. The number of alkyl halides is 8. The van der Waals surface area contributed by atoms with Crippen molar-refractivity contribution in [2.75, 3.05) is 142 Å². The minimum atomic E-state index is -4.50. The first-order chi connectivity index (χ1) is 47.5. The molecule has 0 bridgehead atoms. The molecular weight excluding hydrogens is 1300 g/mol. The van der Waals surface area contributed by atoms with Crippen LogP contribution in [0.3, 0.4) is 0 Å². The summed E-state index contributed by atoms with van der Waals surface area (Å²) in [5.41, 5.74) is -1.55. The lowest BCUT2D eigenvalue weighted by Crippen LogP contribution is -2.53. The highest BCUT2D eigenvalue weighted by atomic mass is 19.4. The van der Waals surface area contributed by atoms with Crippen molar-refractivity contribution in [1.82, 2.24) is 20.0 Å². The summed E-state index contributed by atoms with van der Waals surface area (Å²) in [4.78, 5) is 71.9. The van der Waals surface area contributed by atoms with E-state index in [-0.39, 0.29) is 61.3 Å². The van der Waals surface area contributed by atoms with Crippen LogP contribution in [0, 0.1) is 11.8 Å². The first-order valence-corrected chi connectivity index (χ1v) is 35.1. The number of likely N-dealkylation sites (tertiary alicyclic amines) is 3. The van der Waals surface area contributed by atoms with Crippen LogP contribution >= 0.6 is 0 Å². The molecule has 25 heteroatoms. The van der Waals surface area contributed by atoms with E-state index in [1.54, 1.807) is 86.4 Å². The van der Waals surface area contributed by atoms with Gasteiger partial charge in [-0.15, -0.1) is 0 Å². The Hall–Kier alpha value is -7.09. The number of anilines is 2. The largest absolute Gasteiger partial charge is 0.497 e. The van der Waals surface area contributed by atoms with Gasteiger partial charge in [-0.05, 0) is 161 Å². The number of benzene rings is 4. The van der Waals surface area contributed by atoms with E-state index in [2.05, 4.69) is 10.2 Å². The van der Waals surface area contributed by atoms with Crippen LogP contribution in [0.1, 0.15) is 148 Å². The predicted molar refractivity (Wildman–Crippen MR) is 356 cm³/mol. The summed E-state index contributed by atoms with van der Waals surface area (Å²) in [6.45, 7) is 10.3. The van der Waals surface area contributed by atoms with E-state index >= 15 is 8.78 Å². The van der Waals surface area contributed by atoms with Crippen LogP contribution in [0.4, 0.5) is 46.5 Å². The Morgan fingerprint density at radius 3 is 1.34 bits per heavy atom. The summed E-state index contributed by atoms with van der Waals surface area (Å²) in [6.07, 6.45) is -2.10. The summed E-state index contributed by atoms with van der Waals surface area (Å²) in [6, 6.07) is 22.3. The standard InChI is InChI=1S/C37H47F4N3O5.C32H39F4N3O4.C5H8O2/c1-3-49-34(45)27-12-16-42(17-13-27)33-22-28(37(39,40)41)6-9-31(33)25-10-18-43(19-11-25)35(46)36(38)24-44(29-14-20-48-21-15-29)23-32(36)26-4-7-30(47-2)8-5-26;1-3-43-29(40)23-12-14-38(15-13-23)28-18-24(32(34,35)36)6-9-26(28)21-10-16-39(17-11-21)30(41)31(33)20-37-19-27(31)22-4-7-25(42-2)8-5-22;6-5-1-3-7-4-2-5/h4-9,22,25,27,29,32H,3,10-21,23-24H2,1-2H3;4-9,18,21,23,27,37H,3,10-17,19-20H2,1-2H3;1-4H2/t32-,36-;27-,31-;/m00./s1. The Bertz CT molecular complexity index is 3360. The van der Waals surface area contributed by atoms with Crippen LogP contribution in [-0.2, 0) is 55.3 Å². The number of carbonyl (C=O) groups excluding carboxylic acids is 5. The normalized spacial score (nSPS) is 24.3. The molecule has 1 N–H and O–H groups in total. The maximum atomic E-state index is 17.4. The second-order valence-corrected chi connectivity index (χ2v) is 27.1. The van der Waals surface area contributed by atoms with Gasteiger partial charge in [0, 0.05) is 134 Å². The van der Waals surface area contributed by atoms with Crippen molar-refractivity contribution in [2.45, 2.75) is 144 Å². The molecule has 0 radical (unpaired) electrons. The first kappa shape index (κ1) is 74.6. The molecule has 8 aliphatic rings. The molecule has 4 aromatic rings. The summed E-state index contributed by atoms with van der Waals surface area (Å²) in [5.74, 6) is -1.95. The third kappa shape index (κ3) is 17.8. The molecule has 0 spiro atoms. The van der Waals surface area contributed by atoms with Crippen molar-refractivity contribution in [3.8, 4) is 11.5 Å². The summed E-state index contributed by atoms with van der Waals surface area (Å²) >= 11 is 0. The highest BCUT2D eigenvalue weighted by Gasteiger charge is 2.57. The second kappa shape index (κ2) is 33.1. The van der Waals surface area contributed by atoms with Crippen LogP contribution in [-0.4, -0.2) is 194 Å². The third-order valence-electron chi connectivity index (χ3n) is 21.3. The molecule has 17 nitrogen and oxygen atoms in total. The zero-order valence-electron chi connectivity index (χ0n) is 57.1. The summed E-state index contributed by atoms with van der Waals surface area (Å²) in [5, 5.41) is 3.04. The predicted octanol–water partition coefficient (Wildman–Crippen LogP) is 11.8. The fraction of sp³-hybridized carbons (Fsp3) is 0.608. The Morgan fingerprint density at radius 2 is 0.949 bits per heavy atom. The maximum Gasteiger partial charge on any atom is 0.416 e. The SMILES string of the molecule is CCOC(=O)C1CCN(c2cc(C(F)(F)F)ccc2C2CCN(C(=O)[C@]3(F)CN(C4CCOCC4)C[C@H]3c3ccc(OC)cc3)CC2)CC1.CCOC(=O)C1CCN(c2cc(C(F)(F)F)ccc2C2CCN(C(=O)[C@]3(F)CNC[C@H]3c3ccc(OC)cc3)CC2)CC1.O=C1CCOCC1. The van der Waals surface area contributed by atoms with Gasteiger partial charge in [-0.25, -0.2) is 8.78 Å². The van der Waals surface area contributed by atoms with Gasteiger partial charge in [-0.3, -0.25) is 28.9 Å². The molecule has 4 atom stereocenters. The topological polar surface area (TPSA) is 169 Å². The number of halogens is 8. The van der Waals surface area contributed by atoms with Gasteiger partial charge in [0.15, 0.2) is 0 Å². The smallest absolute Gasteiger partial charge is 0.416 e. The van der Waals surface area contributed by atoms with Crippen molar-refractivity contribution in [1.29, 1.82) is 0 Å². The number of ketones is 1. The van der Waals surface area contributed by atoms with E-state index in [0.717, 1.165) is 47.2 Å². The van der Waals surface area contributed by atoms with Crippen molar-refractivity contribution >= 4 is 40.9 Å². The quantitative estimate of drug-likeness (QED) is 0.0881. The van der Waals surface area contributed by atoms with Gasteiger partial charge >= 0.3 is 24.3 Å². The summed E-state index contributed by atoms with van der Waals surface area (Å²) < 4.78 is 148. The van der Waals surface area contributed by atoms with Crippen LogP contribution in [0.25, 0.3) is 0 Å². The number of rotatable bonds is 15. The number of amides is 2. The molecule has 0 saturated carbocycles. The van der Waals surface area contributed by atoms with E-state index < -0.39 is 58.5 Å². The van der Waals surface area contributed by atoms with E-state index in [9.17, 15) is 50.3 Å². The number of carbonyl (C=O) groups is 5. The molecule has 0 aliphatic carbocycles. The number of hydrogen-bond acceptors (Lipinski definition) is 15. The van der Waals surface area contributed by atoms with Gasteiger partial charge in [0.25, 0.3) is 11.8 Å². The number of piperidine rings is 4. The lowest BCUT2D eigenvalue weighted by molar-refractivity contribution is -0.149. The molecule has 8 saturated heterocycles. The van der Waals surface area contributed by atoms with Crippen molar-refractivity contribution in [2.24, 2.45) is 11.8 Å². The highest BCUT2D eigenvalue weighted by molar-refractivity contribution is 5.88. The zero-order chi connectivity index (χ0) is 70.7. The lowest BCUT2D eigenvalue weighted by atomic mass is 9.83. The second-order valence-electron chi connectivity index (χ2n) is 27.1. The lowest BCUT2D eigenvalue weighted by Gasteiger charge is -2.39. The average Bonchev–Trinajstić information content (AvgIpc) is 1.67. The molecule has 8 fully saturated rings. The molecule has 8 heterocycles. The molecule has 0 aromatic heterocycles. The molecule has 4 aromatic carbocycles. The Morgan fingerprint density at radius 1 is 0.535 bits per heavy atom. The number of Topliss-reactive ketones (excluding diaryl/α,β-unsaturated/α-hetero) is 1. The van der Waals surface area contributed by atoms with Crippen LogP contribution in [0.15, 0.2) is 84.9 Å². The number of nitrogens with one attached hydrogen (secondary N) is 1. The minimum absolute atomic E-state index is 0.0118. The van der Waals surface area contributed by atoms with Crippen LogP contribution in [0.5, 0.6) is 11.5 Å². The molecule has 12 rings (SSSR count). The van der Waals surface area contributed by atoms with Crippen molar-refractivity contribution in [3.63, 3.8) is 0 Å². The molecule has 99 heavy (non-hydrogen) atoms. The fourth-order valence-electron chi connectivity index (χ4n) is 15.5.